The SMILES string of the molecule is CN(Cc1cc2ccccc2n1CCC(=O)OP(F)#P)N(C)C(=O)OCC1c2ccccc2-c2ccccc21. The number of nitrogens with zero attached hydrogens (tertiary/aromatic N) is 3. The molecule has 10 heteroatoms. The van der Waals surface area contributed by atoms with Gasteiger partial charge >= 0.3 is 146 Å². The molecule has 0 radical (unpaired) electrons. The van der Waals surface area contributed by atoms with Crippen molar-refractivity contribution in [1.82, 2.24) is 14.6 Å². The van der Waals surface area contributed by atoms with Gasteiger partial charge in [0.15, 0.2) is 0 Å². The summed E-state index contributed by atoms with van der Waals surface area (Å²) in [5.74, 6) is -0.670. The van der Waals surface area contributed by atoms with Crippen LogP contribution in [0.3, 0.4) is 0 Å². The van der Waals surface area contributed by atoms with Crippen LogP contribution in [0.4, 0.5) is 8.99 Å². The summed E-state index contributed by atoms with van der Waals surface area (Å²) >= 11 is 0. The summed E-state index contributed by atoms with van der Waals surface area (Å²) in [4.78, 5) is 25.0. The van der Waals surface area contributed by atoms with Gasteiger partial charge in [-0.15, -0.1) is 0 Å². The van der Waals surface area contributed by atoms with E-state index in [1.165, 1.54) is 16.1 Å². The van der Waals surface area contributed by atoms with E-state index in [1.807, 2.05) is 59.2 Å². The first-order chi connectivity index (χ1) is 18.8. The Kier molecular flexibility index (Phi) is 8.18. The van der Waals surface area contributed by atoms with Crippen LogP contribution in [0.5, 0.6) is 0 Å². The number of hydrogen-bond donors (Lipinski definition) is 0. The first-order valence-corrected chi connectivity index (χ1v) is 14.9. The molecule has 7 nitrogen and oxygen atoms in total. The van der Waals surface area contributed by atoms with Gasteiger partial charge < -0.3 is 0 Å². The van der Waals surface area contributed by atoms with E-state index in [0.29, 0.717) is 13.1 Å². The summed E-state index contributed by atoms with van der Waals surface area (Å²) in [6.07, 6.45) is -0.461. The molecular formula is C29H28FN3O4P2. The molecule has 0 bridgehead atoms. The van der Waals surface area contributed by atoms with Crippen molar-refractivity contribution in [2.24, 2.45) is 0 Å². The Morgan fingerprint density at radius 3 is 2.26 bits per heavy atom. The summed E-state index contributed by atoms with van der Waals surface area (Å²) in [6.45, 7) is 0.920. The predicted octanol–water partition coefficient (Wildman–Crippen LogP) is 7.41. The smallest absolute Gasteiger partial charge is 0.0619 e. The zero-order valence-electron chi connectivity index (χ0n) is 21.7. The van der Waals surface area contributed by atoms with Gasteiger partial charge in [-0.25, -0.2) is 0 Å². The molecule has 0 aliphatic heterocycles. The third-order valence-corrected chi connectivity index (χ3v) is 7.72. The number of para-hydroxylation sites is 1. The van der Waals surface area contributed by atoms with Crippen molar-refractivity contribution in [3.8, 4) is 11.1 Å². The Balaban J connectivity index is 1.27. The van der Waals surface area contributed by atoms with Crippen LogP contribution < -0.4 is 0 Å². The topological polar surface area (TPSA) is 64.0 Å². The minimum absolute atomic E-state index is 0.000912. The van der Waals surface area contributed by atoms with Gasteiger partial charge in [0.2, 0.25) is 0 Å². The number of carbonyl (C=O) groups excluding carboxylic acids is 2. The molecule has 0 saturated carbocycles. The van der Waals surface area contributed by atoms with Crippen molar-refractivity contribution in [2.75, 3.05) is 20.7 Å². The number of fused-ring (bicyclic) bond motifs is 4. The van der Waals surface area contributed by atoms with Gasteiger partial charge in [-0.3, -0.25) is 0 Å². The van der Waals surface area contributed by atoms with E-state index in [-0.39, 0.29) is 18.9 Å². The second-order valence-electron chi connectivity index (χ2n) is 9.43. The van der Waals surface area contributed by atoms with Crippen LogP contribution in [0.25, 0.3) is 22.0 Å². The molecule has 0 spiro atoms. The van der Waals surface area contributed by atoms with E-state index in [1.54, 1.807) is 19.1 Å². The van der Waals surface area contributed by atoms with Crippen LogP contribution >= 0.6 is 15.9 Å². The summed E-state index contributed by atoms with van der Waals surface area (Å²) < 4.78 is 25.4. The molecule has 3 aromatic carbocycles. The van der Waals surface area contributed by atoms with Crippen molar-refractivity contribution in [1.29, 1.82) is 0 Å². The number of halogens is 1. The van der Waals surface area contributed by atoms with E-state index in [2.05, 4.69) is 37.1 Å². The molecule has 1 unspecified atom stereocenters. The molecule has 1 aliphatic rings. The average molecular weight is 564 g/mol. The van der Waals surface area contributed by atoms with E-state index in [0.717, 1.165) is 27.7 Å². The van der Waals surface area contributed by atoms with Crippen molar-refractivity contribution in [3.63, 3.8) is 0 Å². The standard InChI is InChI=1S/C29H28FN3O4P2/c1-31(18-21-17-20-9-3-8-14-27(20)33(21)16-15-28(34)37-39(30)38)32(2)29(35)36-19-26-24-12-6-4-10-22(24)23-11-5-7-13-25(23)26/h3-14,17,26H,15-16,18-19H2,1-2H3. The quantitative estimate of drug-likeness (QED) is 0.165. The molecule has 0 saturated heterocycles. The molecule has 39 heavy (non-hydrogen) atoms. The monoisotopic (exact) mass is 563 g/mol. The Labute approximate surface area is 229 Å². The van der Waals surface area contributed by atoms with Gasteiger partial charge in [-0.1, -0.05) is 48.5 Å². The number of aryl methyl sites for hydroxylation is 1. The normalized spacial score (nSPS) is 12.7. The minimum atomic E-state index is -2.55. The zero-order chi connectivity index (χ0) is 27.5. The number of rotatable bonds is 8. The van der Waals surface area contributed by atoms with Crippen LogP contribution in [-0.2, 0) is 27.1 Å². The second-order valence-corrected chi connectivity index (χ2v) is 11.0. The van der Waals surface area contributed by atoms with E-state index >= 15 is 0 Å². The third-order valence-electron chi connectivity index (χ3n) is 7.12. The van der Waals surface area contributed by atoms with Gasteiger partial charge in [-0.2, -0.15) is 0 Å². The number of benzene rings is 3. The molecule has 1 atom stereocenters. The molecule has 5 rings (SSSR count). The van der Waals surface area contributed by atoms with Crippen LogP contribution in [0.1, 0.15) is 29.2 Å². The number of carbonyl (C=O) groups is 2. The summed E-state index contributed by atoms with van der Waals surface area (Å²) in [5, 5.41) is 4.21. The number of aromatic nitrogens is 1. The molecular weight excluding hydrogens is 535 g/mol. The molecule has 1 aromatic heterocycles. The molecule has 0 N–H and O–H groups in total. The van der Waals surface area contributed by atoms with Crippen LogP contribution in [0.2, 0.25) is 0 Å². The van der Waals surface area contributed by atoms with Gasteiger partial charge in [0, 0.05) is 5.92 Å². The van der Waals surface area contributed by atoms with Crippen molar-refractivity contribution in [2.45, 2.75) is 25.4 Å². The molecule has 0 fully saturated rings. The average Bonchev–Trinajstić information content (AvgIpc) is 3.44. The van der Waals surface area contributed by atoms with Gasteiger partial charge in [-0.05, 0) is 22.3 Å². The predicted molar refractivity (Wildman–Crippen MR) is 152 cm³/mol. The van der Waals surface area contributed by atoms with E-state index < -0.39 is 19.6 Å². The number of hydrogen-bond acceptors (Lipinski definition) is 5. The fraction of sp³-hybridized carbons (Fsp3) is 0.241. The van der Waals surface area contributed by atoms with Crippen molar-refractivity contribution in [3.05, 3.63) is 95.7 Å². The van der Waals surface area contributed by atoms with Crippen molar-refractivity contribution >= 4 is 38.9 Å². The molecule has 200 valence electrons. The van der Waals surface area contributed by atoms with Crippen LogP contribution in [-0.4, -0.2) is 47.3 Å². The zero-order valence-corrected chi connectivity index (χ0v) is 23.4. The molecule has 4 aromatic rings. The van der Waals surface area contributed by atoms with Crippen LogP contribution in [0.15, 0.2) is 78.9 Å². The van der Waals surface area contributed by atoms with E-state index in [4.69, 9.17) is 4.74 Å². The Hall–Kier alpha value is -3.44. The van der Waals surface area contributed by atoms with Crippen LogP contribution in [0, 0.1) is 0 Å². The Bertz CT molecular complexity index is 1570. The number of hydrazine groups is 1. The molecule has 1 aliphatic carbocycles. The van der Waals surface area contributed by atoms with Crippen molar-refractivity contribution < 1.29 is 23.0 Å². The number of amides is 1. The minimum Gasteiger partial charge on any atom is -0.0619 e. The first-order valence-electron chi connectivity index (χ1n) is 12.6. The number of ether oxygens (including phenoxy) is 1. The second kappa shape index (κ2) is 11.7. The Morgan fingerprint density at radius 1 is 0.974 bits per heavy atom. The van der Waals surface area contributed by atoms with Gasteiger partial charge in [0.25, 0.3) is 0 Å². The first kappa shape index (κ1) is 27.1. The maximum absolute atomic E-state index is 13.1. The molecule has 1 amide bonds. The fourth-order valence-electron chi connectivity index (χ4n) is 5.16. The summed E-state index contributed by atoms with van der Waals surface area (Å²) in [7, 11) is 4.46. The molecule has 1 heterocycles. The Morgan fingerprint density at radius 2 is 1.59 bits per heavy atom. The van der Waals surface area contributed by atoms with Gasteiger partial charge in [0.05, 0.1) is 0 Å². The van der Waals surface area contributed by atoms with E-state index in [9.17, 15) is 13.8 Å². The maximum atomic E-state index is 13.1. The summed E-state index contributed by atoms with van der Waals surface area (Å²) in [5.41, 5.74) is 6.49. The summed E-state index contributed by atoms with van der Waals surface area (Å²) in [6, 6.07) is 26.3. The fourth-order valence-corrected chi connectivity index (χ4v) is 5.70. The van der Waals surface area contributed by atoms with Gasteiger partial charge in [0.1, 0.15) is 6.61 Å². The third kappa shape index (κ3) is 5.79.